The Labute approximate surface area is 205 Å². The summed E-state index contributed by atoms with van der Waals surface area (Å²) < 4.78 is 40.0. The minimum Gasteiger partial charge on any atom is -0.347 e. The summed E-state index contributed by atoms with van der Waals surface area (Å²) in [5.74, 6) is -1.29. The first kappa shape index (κ1) is 25.9. The Morgan fingerprint density at radius 2 is 1.49 bits per heavy atom. The van der Waals surface area contributed by atoms with Crippen LogP contribution in [0.1, 0.15) is 47.1 Å². The molecule has 0 bridgehead atoms. The van der Waals surface area contributed by atoms with Gasteiger partial charge in [-0.05, 0) is 63.2 Å². The number of nitrogens with zero attached hydrogens (tertiary/aromatic N) is 1. The average Bonchev–Trinajstić information content (AvgIpc) is 2.77. The number of sulfonamides is 1. The second kappa shape index (κ2) is 10.3. The van der Waals surface area contributed by atoms with Crippen LogP contribution in [0.4, 0.5) is 15.8 Å². The topological polar surface area (TPSA) is 95.6 Å². The van der Waals surface area contributed by atoms with Gasteiger partial charge in [0.1, 0.15) is 5.82 Å². The van der Waals surface area contributed by atoms with Gasteiger partial charge in [-0.1, -0.05) is 30.3 Å². The highest BCUT2D eigenvalue weighted by atomic mass is 32.2. The van der Waals surface area contributed by atoms with Crippen LogP contribution in [0.15, 0.2) is 72.8 Å². The zero-order valence-electron chi connectivity index (χ0n) is 20.0. The molecule has 35 heavy (non-hydrogen) atoms. The zero-order valence-corrected chi connectivity index (χ0v) is 20.8. The number of hydrogen-bond donors (Lipinski definition) is 2. The molecule has 2 N–H and O–H groups in total. The van der Waals surface area contributed by atoms with Gasteiger partial charge in [0.2, 0.25) is 10.0 Å². The number of para-hydroxylation sites is 1. The Morgan fingerprint density at radius 1 is 0.886 bits per heavy atom. The lowest BCUT2D eigenvalue weighted by atomic mass is 10.1. The summed E-state index contributed by atoms with van der Waals surface area (Å²) >= 11 is 0. The van der Waals surface area contributed by atoms with Crippen LogP contribution in [0, 0.1) is 5.82 Å². The summed E-state index contributed by atoms with van der Waals surface area (Å²) in [5, 5.41) is 5.61. The molecule has 3 aromatic rings. The molecule has 0 aliphatic rings. The highest BCUT2D eigenvalue weighted by Crippen LogP contribution is 2.23. The molecule has 0 atom stereocenters. The third-order valence-electron chi connectivity index (χ3n) is 5.00. The van der Waals surface area contributed by atoms with Crippen LogP contribution in [-0.4, -0.2) is 32.0 Å². The molecule has 3 aromatic carbocycles. The lowest BCUT2D eigenvalue weighted by molar-refractivity contribution is 0.0920. The molecule has 2 amide bonds. The lowest BCUT2D eigenvalue weighted by Crippen LogP contribution is -2.40. The van der Waals surface area contributed by atoms with E-state index in [0.29, 0.717) is 11.3 Å². The van der Waals surface area contributed by atoms with Gasteiger partial charge in [0.25, 0.3) is 11.8 Å². The fourth-order valence-corrected chi connectivity index (χ4v) is 4.23. The molecule has 0 radical (unpaired) electrons. The number of carbonyl (C=O) groups excluding carboxylic acids is 2. The van der Waals surface area contributed by atoms with Crippen molar-refractivity contribution < 1.29 is 22.4 Å². The number of benzene rings is 3. The summed E-state index contributed by atoms with van der Waals surface area (Å²) in [4.78, 5) is 25.5. The van der Waals surface area contributed by atoms with Crippen LogP contribution in [0.5, 0.6) is 0 Å². The molecular formula is C26H28FN3O4S. The fraction of sp³-hybridized carbons (Fsp3) is 0.231. The summed E-state index contributed by atoms with van der Waals surface area (Å²) in [5.41, 5.74) is 1.00. The molecular weight excluding hydrogens is 469 g/mol. The van der Waals surface area contributed by atoms with E-state index in [9.17, 15) is 22.4 Å². The van der Waals surface area contributed by atoms with Crippen LogP contribution in [-0.2, 0) is 16.6 Å². The molecule has 0 heterocycles. The first-order chi connectivity index (χ1) is 16.3. The summed E-state index contributed by atoms with van der Waals surface area (Å²) in [6, 6.07) is 18.5. The second-order valence-corrected chi connectivity index (χ2v) is 11.0. The van der Waals surface area contributed by atoms with Crippen molar-refractivity contribution in [3.63, 3.8) is 0 Å². The number of rotatable bonds is 7. The van der Waals surface area contributed by atoms with Gasteiger partial charge in [-0.25, -0.2) is 12.8 Å². The number of nitrogens with one attached hydrogen (secondary N) is 2. The van der Waals surface area contributed by atoms with E-state index in [1.54, 1.807) is 30.3 Å². The molecule has 0 aromatic heterocycles. The molecule has 0 spiro atoms. The maximum Gasteiger partial charge on any atom is 0.255 e. The van der Waals surface area contributed by atoms with Crippen molar-refractivity contribution in [2.45, 2.75) is 32.9 Å². The predicted octanol–water partition coefficient (Wildman–Crippen LogP) is 4.57. The number of halogens is 1. The van der Waals surface area contributed by atoms with E-state index in [1.807, 2.05) is 20.8 Å². The van der Waals surface area contributed by atoms with Crippen molar-refractivity contribution in [1.82, 2.24) is 5.32 Å². The SMILES string of the molecule is CC(C)(C)NC(=O)c1ccccc1NC(=O)c1ccc(N(Cc2ccccc2F)S(C)(=O)=O)cc1. The van der Waals surface area contributed by atoms with E-state index < -0.39 is 27.3 Å². The standard InChI is InChI=1S/C26H28FN3O4S/c1-26(2,3)29-25(32)21-10-6-8-12-23(21)28-24(31)18-13-15-20(16-14-18)30(35(4,33)34)17-19-9-5-7-11-22(19)27/h5-16H,17H2,1-4H3,(H,28,31)(H,29,32). The normalized spacial score (nSPS) is 11.6. The monoisotopic (exact) mass is 497 g/mol. The van der Waals surface area contributed by atoms with Crippen LogP contribution in [0.3, 0.4) is 0 Å². The van der Waals surface area contributed by atoms with Gasteiger partial charge in [0.05, 0.1) is 29.7 Å². The average molecular weight is 498 g/mol. The first-order valence-electron chi connectivity index (χ1n) is 10.9. The van der Waals surface area contributed by atoms with E-state index in [0.717, 1.165) is 10.6 Å². The van der Waals surface area contributed by atoms with E-state index in [-0.39, 0.29) is 29.3 Å². The molecule has 9 heteroatoms. The highest BCUT2D eigenvalue weighted by Gasteiger charge is 2.21. The van der Waals surface area contributed by atoms with Crippen LogP contribution in [0.25, 0.3) is 0 Å². The van der Waals surface area contributed by atoms with Gasteiger partial charge in [-0.3, -0.25) is 13.9 Å². The zero-order chi connectivity index (χ0) is 25.8. The third-order valence-corrected chi connectivity index (χ3v) is 6.14. The minimum atomic E-state index is -3.72. The van der Waals surface area contributed by atoms with E-state index in [1.165, 1.54) is 42.5 Å². The number of anilines is 2. The summed E-state index contributed by atoms with van der Waals surface area (Å²) in [6.45, 7) is 5.40. The van der Waals surface area contributed by atoms with Crippen molar-refractivity contribution in [2.24, 2.45) is 0 Å². The Balaban J connectivity index is 1.82. The molecule has 7 nitrogen and oxygen atoms in total. The summed E-state index contributed by atoms with van der Waals surface area (Å²) in [7, 11) is -3.72. The number of hydrogen-bond acceptors (Lipinski definition) is 4. The van der Waals surface area contributed by atoms with E-state index in [4.69, 9.17) is 0 Å². The largest absolute Gasteiger partial charge is 0.347 e. The van der Waals surface area contributed by atoms with Crippen molar-refractivity contribution in [2.75, 3.05) is 15.9 Å². The van der Waals surface area contributed by atoms with Crippen molar-refractivity contribution >= 4 is 33.2 Å². The molecule has 0 aliphatic heterocycles. The molecule has 3 rings (SSSR count). The third kappa shape index (κ3) is 6.89. The Morgan fingerprint density at radius 3 is 2.09 bits per heavy atom. The molecule has 0 aliphatic carbocycles. The Hall–Kier alpha value is -3.72. The van der Waals surface area contributed by atoms with Crippen molar-refractivity contribution in [3.8, 4) is 0 Å². The van der Waals surface area contributed by atoms with Gasteiger partial charge in [-0.2, -0.15) is 0 Å². The minimum absolute atomic E-state index is 0.187. The van der Waals surface area contributed by atoms with Gasteiger partial charge in [0, 0.05) is 16.7 Å². The molecule has 0 fully saturated rings. The number of amides is 2. The molecule has 0 unspecified atom stereocenters. The Bertz CT molecular complexity index is 1330. The van der Waals surface area contributed by atoms with Gasteiger partial charge >= 0.3 is 0 Å². The van der Waals surface area contributed by atoms with Gasteiger partial charge < -0.3 is 10.6 Å². The van der Waals surface area contributed by atoms with Crippen molar-refractivity contribution in [3.05, 3.63) is 95.3 Å². The van der Waals surface area contributed by atoms with Gasteiger partial charge in [-0.15, -0.1) is 0 Å². The maximum absolute atomic E-state index is 14.1. The van der Waals surface area contributed by atoms with Gasteiger partial charge in [0.15, 0.2) is 0 Å². The summed E-state index contributed by atoms with van der Waals surface area (Å²) in [6.07, 6.45) is 1.04. The van der Waals surface area contributed by atoms with Crippen LogP contribution in [0.2, 0.25) is 0 Å². The highest BCUT2D eigenvalue weighted by molar-refractivity contribution is 7.92. The molecule has 0 saturated carbocycles. The molecule has 0 saturated heterocycles. The quantitative estimate of drug-likeness (QED) is 0.500. The molecule has 184 valence electrons. The fourth-order valence-electron chi connectivity index (χ4n) is 3.35. The van der Waals surface area contributed by atoms with Crippen LogP contribution < -0.4 is 14.9 Å². The smallest absolute Gasteiger partial charge is 0.255 e. The second-order valence-electron chi connectivity index (χ2n) is 9.11. The van der Waals surface area contributed by atoms with E-state index in [2.05, 4.69) is 10.6 Å². The maximum atomic E-state index is 14.1. The van der Waals surface area contributed by atoms with Crippen molar-refractivity contribution in [1.29, 1.82) is 0 Å². The predicted molar refractivity (Wildman–Crippen MR) is 135 cm³/mol. The number of carbonyl (C=O) groups is 2. The lowest BCUT2D eigenvalue weighted by Gasteiger charge is -2.23. The van der Waals surface area contributed by atoms with E-state index >= 15 is 0 Å². The Kier molecular flexibility index (Phi) is 7.60. The first-order valence-corrected chi connectivity index (χ1v) is 12.7. The van der Waals surface area contributed by atoms with Crippen LogP contribution >= 0.6 is 0 Å².